The van der Waals surface area contributed by atoms with E-state index >= 15 is 0 Å². The van der Waals surface area contributed by atoms with Crippen LogP contribution in [-0.2, 0) is 18.3 Å². The van der Waals surface area contributed by atoms with E-state index in [0.717, 1.165) is 0 Å². The Hall–Kier alpha value is -0.850. The number of halogens is 2. The number of nitrogens with zero attached hydrogens (tertiary/aromatic N) is 3. The first-order valence-electron chi connectivity index (χ1n) is 3.42. The van der Waals surface area contributed by atoms with Gasteiger partial charge in [0.25, 0.3) is 0 Å². The lowest BCUT2D eigenvalue weighted by atomic mass is 10.2. The third-order valence-corrected chi connectivity index (χ3v) is 1.52. The molecular weight excluding hydrogens is 231 g/mol. The van der Waals surface area contributed by atoms with E-state index in [4.69, 9.17) is 10.8 Å². The van der Waals surface area contributed by atoms with Gasteiger partial charge in [-0.05, 0) is 0 Å². The highest BCUT2D eigenvalue weighted by atomic mass is 35.5. The van der Waals surface area contributed by atoms with Gasteiger partial charge in [-0.3, -0.25) is 4.79 Å². The maximum atomic E-state index is 10.4. The van der Waals surface area contributed by atoms with Crippen LogP contribution in [0.1, 0.15) is 5.82 Å². The highest BCUT2D eigenvalue weighted by Crippen LogP contribution is 1.95. The van der Waals surface area contributed by atoms with Crippen molar-refractivity contribution in [3.63, 3.8) is 0 Å². The minimum absolute atomic E-state index is 0. The predicted molar refractivity (Wildman–Crippen MR) is 54.8 cm³/mol. The molecule has 0 amide bonds. The summed E-state index contributed by atoms with van der Waals surface area (Å²) in [5.41, 5.74) is 5.30. The molecule has 0 aliphatic carbocycles. The van der Waals surface area contributed by atoms with Crippen LogP contribution in [0.5, 0.6) is 0 Å². The van der Waals surface area contributed by atoms with Crippen molar-refractivity contribution < 1.29 is 9.90 Å². The largest absolute Gasteiger partial charge is 0.480 e. The van der Waals surface area contributed by atoms with E-state index in [0.29, 0.717) is 5.82 Å². The smallest absolute Gasteiger partial charge is 0.320 e. The number of carbonyl (C=O) groups is 1. The van der Waals surface area contributed by atoms with Crippen molar-refractivity contribution in [3.05, 3.63) is 12.2 Å². The van der Waals surface area contributed by atoms with Crippen molar-refractivity contribution in [3.8, 4) is 0 Å². The zero-order chi connectivity index (χ0) is 9.14. The number of hydrogen-bond donors (Lipinski definition) is 2. The highest BCUT2D eigenvalue weighted by Gasteiger charge is 2.14. The summed E-state index contributed by atoms with van der Waals surface area (Å²) in [6.45, 7) is 0. The minimum Gasteiger partial charge on any atom is -0.480 e. The van der Waals surface area contributed by atoms with Crippen molar-refractivity contribution in [2.75, 3.05) is 0 Å². The van der Waals surface area contributed by atoms with Gasteiger partial charge in [0.05, 0.1) is 0 Å². The molecule has 0 fully saturated rings. The first-order chi connectivity index (χ1) is 5.61. The van der Waals surface area contributed by atoms with Gasteiger partial charge < -0.3 is 15.4 Å². The van der Waals surface area contributed by atoms with Gasteiger partial charge >= 0.3 is 5.97 Å². The summed E-state index contributed by atoms with van der Waals surface area (Å²) in [7, 11) is 1.74. The molecular formula is C6H12Cl2N4O2. The van der Waals surface area contributed by atoms with Crippen molar-refractivity contribution in [2.24, 2.45) is 12.8 Å². The van der Waals surface area contributed by atoms with E-state index in [2.05, 4.69) is 10.2 Å². The molecule has 0 spiro atoms. The Morgan fingerprint density at radius 2 is 2.29 bits per heavy atom. The van der Waals surface area contributed by atoms with Crippen molar-refractivity contribution in [2.45, 2.75) is 12.5 Å². The molecule has 6 nitrogen and oxygen atoms in total. The average Bonchev–Trinajstić information content (AvgIpc) is 2.36. The molecule has 0 aliphatic rings. The normalized spacial score (nSPS) is 11.0. The first-order valence-corrected chi connectivity index (χ1v) is 3.42. The van der Waals surface area contributed by atoms with E-state index in [-0.39, 0.29) is 31.2 Å². The molecule has 8 heteroatoms. The first kappa shape index (κ1) is 15.6. The van der Waals surface area contributed by atoms with Gasteiger partial charge in [-0.1, -0.05) is 0 Å². The van der Waals surface area contributed by atoms with Gasteiger partial charge in [-0.2, -0.15) is 0 Å². The predicted octanol–water partition coefficient (Wildman–Crippen LogP) is -0.387. The van der Waals surface area contributed by atoms with Gasteiger partial charge in [-0.15, -0.1) is 35.0 Å². The summed E-state index contributed by atoms with van der Waals surface area (Å²) < 4.78 is 1.64. The second-order valence-corrected chi connectivity index (χ2v) is 2.51. The summed E-state index contributed by atoms with van der Waals surface area (Å²) in [6.07, 6.45) is 1.70. The number of aromatic nitrogens is 3. The van der Waals surface area contributed by atoms with Crippen LogP contribution in [0.4, 0.5) is 0 Å². The SMILES string of the molecule is Cl.Cl.Cn1cnnc1CC(N)C(=O)O. The number of carboxylic acids is 1. The lowest BCUT2D eigenvalue weighted by molar-refractivity contribution is -0.138. The van der Waals surface area contributed by atoms with E-state index in [1.807, 2.05) is 0 Å². The summed E-state index contributed by atoms with van der Waals surface area (Å²) >= 11 is 0. The van der Waals surface area contributed by atoms with Crippen LogP contribution in [0.2, 0.25) is 0 Å². The molecule has 1 rings (SSSR count). The topological polar surface area (TPSA) is 94.0 Å². The fourth-order valence-corrected chi connectivity index (χ4v) is 0.776. The monoisotopic (exact) mass is 242 g/mol. The molecule has 3 N–H and O–H groups in total. The molecule has 0 aromatic carbocycles. The van der Waals surface area contributed by atoms with E-state index < -0.39 is 12.0 Å². The maximum absolute atomic E-state index is 10.4. The van der Waals surface area contributed by atoms with Crippen molar-refractivity contribution in [1.82, 2.24) is 14.8 Å². The van der Waals surface area contributed by atoms with E-state index in [1.54, 1.807) is 11.6 Å². The number of carboxylic acid groups (broad SMARTS) is 1. The summed E-state index contributed by atoms with van der Waals surface area (Å²) in [5, 5.41) is 15.8. The highest BCUT2D eigenvalue weighted by molar-refractivity contribution is 5.85. The lowest BCUT2D eigenvalue weighted by Crippen LogP contribution is -2.33. The molecule has 0 saturated heterocycles. The van der Waals surface area contributed by atoms with Gasteiger partial charge in [-0.25, -0.2) is 0 Å². The zero-order valence-corrected chi connectivity index (χ0v) is 9.09. The molecule has 0 radical (unpaired) electrons. The van der Waals surface area contributed by atoms with Crippen molar-refractivity contribution >= 4 is 30.8 Å². The number of nitrogens with two attached hydrogens (primary N) is 1. The Balaban J connectivity index is 0. The maximum Gasteiger partial charge on any atom is 0.320 e. The van der Waals surface area contributed by atoms with Crippen LogP contribution in [-0.4, -0.2) is 31.9 Å². The molecule has 0 saturated carbocycles. The summed E-state index contributed by atoms with van der Waals surface area (Å²) in [6, 6.07) is -0.909. The molecule has 14 heavy (non-hydrogen) atoms. The number of hydrogen-bond acceptors (Lipinski definition) is 4. The molecule has 1 unspecified atom stereocenters. The lowest BCUT2D eigenvalue weighted by Gasteiger charge is -2.04. The van der Waals surface area contributed by atoms with Crippen LogP contribution in [0.3, 0.4) is 0 Å². The fraction of sp³-hybridized carbons (Fsp3) is 0.500. The van der Waals surface area contributed by atoms with Gasteiger partial charge in [0.2, 0.25) is 0 Å². The summed E-state index contributed by atoms with van der Waals surface area (Å²) in [4.78, 5) is 10.4. The molecule has 1 aromatic rings. The molecule has 1 atom stereocenters. The minimum atomic E-state index is -1.03. The Morgan fingerprint density at radius 3 is 2.64 bits per heavy atom. The van der Waals surface area contributed by atoms with Crippen LogP contribution in [0, 0.1) is 0 Å². The summed E-state index contributed by atoms with van der Waals surface area (Å²) in [5.74, 6) is -0.456. The van der Waals surface area contributed by atoms with Gasteiger partial charge in [0.15, 0.2) is 0 Å². The number of aryl methyl sites for hydroxylation is 1. The Kier molecular flexibility index (Phi) is 7.34. The quantitative estimate of drug-likeness (QED) is 0.754. The molecule has 0 aliphatic heterocycles. The van der Waals surface area contributed by atoms with Crippen LogP contribution in [0.25, 0.3) is 0 Å². The molecule has 82 valence electrons. The zero-order valence-electron chi connectivity index (χ0n) is 7.45. The van der Waals surface area contributed by atoms with Crippen molar-refractivity contribution in [1.29, 1.82) is 0 Å². The second kappa shape index (κ2) is 6.58. The molecule has 1 aromatic heterocycles. The standard InChI is InChI=1S/C6H10N4O2.2ClH/c1-10-3-8-9-5(10)2-4(7)6(11)12;;/h3-4H,2,7H2,1H3,(H,11,12);2*1H. The van der Waals surface area contributed by atoms with Crippen LogP contribution >= 0.6 is 24.8 Å². The number of aliphatic carboxylic acids is 1. The van der Waals surface area contributed by atoms with Gasteiger partial charge in [0, 0.05) is 13.5 Å². The Bertz CT molecular complexity index is 291. The average molecular weight is 243 g/mol. The second-order valence-electron chi connectivity index (χ2n) is 2.51. The Labute approximate surface area is 93.3 Å². The fourth-order valence-electron chi connectivity index (χ4n) is 0.776. The van der Waals surface area contributed by atoms with E-state index in [1.165, 1.54) is 6.33 Å². The molecule has 1 heterocycles. The number of rotatable bonds is 3. The van der Waals surface area contributed by atoms with E-state index in [9.17, 15) is 4.79 Å². The Morgan fingerprint density at radius 1 is 1.71 bits per heavy atom. The van der Waals surface area contributed by atoms with Gasteiger partial charge in [0.1, 0.15) is 18.2 Å². The third kappa shape index (κ3) is 3.91. The third-order valence-electron chi connectivity index (χ3n) is 1.52. The van der Waals surface area contributed by atoms with Crippen LogP contribution in [0.15, 0.2) is 6.33 Å². The molecule has 0 bridgehead atoms. The van der Waals surface area contributed by atoms with Crippen LogP contribution < -0.4 is 5.73 Å².